The normalized spacial score (nSPS) is 18.5. The summed E-state index contributed by atoms with van der Waals surface area (Å²) in [5.74, 6) is 0.101. The molecule has 114 valence electrons. The van der Waals surface area contributed by atoms with Gasteiger partial charge in [-0.05, 0) is 61.8 Å². The second-order valence-electron chi connectivity index (χ2n) is 6.35. The van der Waals surface area contributed by atoms with E-state index in [4.69, 9.17) is 0 Å². The Balaban J connectivity index is 1.81. The third kappa shape index (κ3) is 3.13. The minimum atomic E-state index is 0.0488. The van der Waals surface area contributed by atoms with Gasteiger partial charge in [-0.2, -0.15) is 0 Å². The molecule has 0 aromatic heterocycles. The van der Waals surface area contributed by atoms with Crippen LogP contribution in [0, 0.1) is 0 Å². The van der Waals surface area contributed by atoms with Crippen LogP contribution in [0.4, 0.5) is 0 Å². The Morgan fingerprint density at radius 1 is 1.10 bits per heavy atom. The number of benzene rings is 1. The molecule has 0 saturated heterocycles. The van der Waals surface area contributed by atoms with Gasteiger partial charge in [-0.15, -0.1) is 0 Å². The third-order valence-electron chi connectivity index (χ3n) is 4.96. The Morgan fingerprint density at radius 2 is 1.81 bits per heavy atom. The number of carbonyl (C=O) groups is 1. The summed E-state index contributed by atoms with van der Waals surface area (Å²) in [6, 6.07) is 6.52. The summed E-state index contributed by atoms with van der Waals surface area (Å²) >= 11 is 0. The molecule has 0 bridgehead atoms. The first-order chi connectivity index (χ1) is 10.3. The molecule has 1 amide bonds. The molecule has 21 heavy (non-hydrogen) atoms. The summed E-state index contributed by atoms with van der Waals surface area (Å²) in [4.78, 5) is 14.7. The van der Waals surface area contributed by atoms with Gasteiger partial charge < -0.3 is 10.0 Å². The van der Waals surface area contributed by atoms with Gasteiger partial charge in [0.15, 0.2) is 0 Å². The Bertz CT molecular complexity index is 506. The summed E-state index contributed by atoms with van der Waals surface area (Å²) in [6.45, 7) is 0.508. The molecule has 0 heterocycles. The zero-order valence-electron chi connectivity index (χ0n) is 12.7. The van der Waals surface area contributed by atoms with Crippen molar-refractivity contribution < 1.29 is 9.90 Å². The van der Waals surface area contributed by atoms with E-state index in [-0.39, 0.29) is 12.5 Å². The van der Waals surface area contributed by atoms with Gasteiger partial charge in [0.1, 0.15) is 0 Å². The van der Waals surface area contributed by atoms with Crippen LogP contribution in [0.1, 0.15) is 60.0 Å². The average molecular weight is 287 g/mol. The van der Waals surface area contributed by atoms with Crippen molar-refractivity contribution in [1.29, 1.82) is 0 Å². The standard InChI is InChI=1S/C18H25NO2/c20-12-11-19(17-7-3-4-8-17)18(21)16-10-9-14-5-1-2-6-15(14)13-16/h9-10,13,17,20H,1-8,11-12H2. The summed E-state index contributed by atoms with van der Waals surface area (Å²) in [5.41, 5.74) is 3.56. The third-order valence-corrected chi connectivity index (χ3v) is 4.96. The van der Waals surface area contributed by atoms with E-state index in [2.05, 4.69) is 12.1 Å². The van der Waals surface area contributed by atoms with Crippen LogP contribution in [0.15, 0.2) is 18.2 Å². The smallest absolute Gasteiger partial charge is 0.254 e. The fourth-order valence-electron chi connectivity index (χ4n) is 3.81. The summed E-state index contributed by atoms with van der Waals surface area (Å²) < 4.78 is 0. The largest absolute Gasteiger partial charge is 0.395 e. The van der Waals surface area contributed by atoms with Crippen molar-refractivity contribution in [3.63, 3.8) is 0 Å². The SMILES string of the molecule is O=C(c1ccc2c(c1)CCCC2)N(CCO)C1CCCC1. The molecule has 0 atom stereocenters. The second-order valence-corrected chi connectivity index (χ2v) is 6.35. The fraction of sp³-hybridized carbons (Fsp3) is 0.611. The minimum absolute atomic E-state index is 0.0488. The van der Waals surface area contributed by atoms with E-state index in [1.54, 1.807) is 0 Å². The number of rotatable bonds is 4. The lowest BCUT2D eigenvalue weighted by atomic mass is 9.90. The van der Waals surface area contributed by atoms with Crippen molar-refractivity contribution in [2.24, 2.45) is 0 Å². The van der Waals surface area contributed by atoms with Gasteiger partial charge in [0, 0.05) is 18.2 Å². The first-order valence-electron chi connectivity index (χ1n) is 8.33. The lowest BCUT2D eigenvalue weighted by Crippen LogP contribution is -2.40. The van der Waals surface area contributed by atoms with E-state index in [0.29, 0.717) is 12.6 Å². The topological polar surface area (TPSA) is 40.5 Å². The average Bonchev–Trinajstić information content (AvgIpc) is 3.05. The number of nitrogens with zero attached hydrogens (tertiary/aromatic N) is 1. The minimum Gasteiger partial charge on any atom is -0.395 e. The van der Waals surface area contributed by atoms with E-state index in [9.17, 15) is 9.90 Å². The maximum absolute atomic E-state index is 12.8. The Hall–Kier alpha value is -1.35. The van der Waals surface area contributed by atoms with Crippen molar-refractivity contribution in [3.8, 4) is 0 Å². The predicted molar refractivity (Wildman–Crippen MR) is 83.5 cm³/mol. The lowest BCUT2D eigenvalue weighted by Gasteiger charge is -2.29. The highest BCUT2D eigenvalue weighted by Crippen LogP contribution is 2.27. The number of fused-ring (bicyclic) bond motifs is 1. The maximum Gasteiger partial charge on any atom is 0.254 e. The highest BCUT2D eigenvalue weighted by Gasteiger charge is 2.27. The highest BCUT2D eigenvalue weighted by molar-refractivity contribution is 5.94. The van der Waals surface area contributed by atoms with Gasteiger partial charge in [0.25, 0.3) is 5.91 Å². The molecule has 0 aliphatic heterocycles. The molecule has 2 aliphatic carbocycles. The molecule has 0 spiro atoms. The van der Waals surface area contributed by atoms with Crippen LogP contribution < -0.4 is 0 Å². The number of aliphatic hydroxyl groups excluding tert-OH is 1. The predicted octanol–water partition coefficient (Wildman–Crippen LogP) is 2.94. The molecule has 3 heteroatoms. The fourth-order valence-corrected chi connectivity index (χ4v) is 3.81. The van der Waals surface area contributed by atoms with Crippen LogP contribution in [0.3, 0.4) is 0 Å². The lowest BCUT2D eigenvalue weighted by molar-refractivity contribution is 0.0638. The van der Waals surface area contributed by atoms with E-state index in [1.165, 1.54) is 36.8 Å². The molecule has 1 fully saturated rings. The maximum atomic E-state index is 12.8. The number of hydrogen-bond acceptors (Lipinski definition) is 2. The number of amides is 1. The molecule has 1 aromatic rings. The van der Waals surface area contributed by atoms with Gasteiger partial charge in [0.05, 0.1) is 6.61 Å². The van der Waals surface area contributed by atoms with Crippen LogP contribution in [0.2, 0.25) is 0 Å². The second kappa shape index (κ2) is 6.61. The first-order valence-corrected chi connectivity index (χ1v) is 8.33. The Morgan fingerprint density at radius 3 is 2.52 bits per heavy atom. The Labute approximate surface area is 127 Å². The Kier molecular flexibility index (Phi) is 4.59. The number of aryl methyl sites for hydroxylation is 2. The van der Waals surface area contributed by atoms with Crippen LogP contribution in [-0.2, 0) is 12.8 Å². The number of hydrogen-bond donors (Lipinski definition) is 1. The zero-order valence-corrected chi connectivity index (χ0v) is 12.7. The molecule has 0 unspecified atom stereocenters. The summed E-state index contributed by atoms with van der Waals surface area (Å²) in [7, 11) is 0. The van der Waals surface area contributed by atoms with Crippen LogP contribution in [0.25, 0.3) is 0 Å². The monoisotopic (exact) mass is 287 g/mol. The zero-order chi connectivity index (χ0) is 14.7. The summed E-state index contributed by atoms with van der Waals surface area (Å²) in [6.07, 6.45) is 9.29. The van der Waals surface area contributed by atoms with Crippen molar-refractivity contribution >= 4 is 5.91 Å². The van der Waals surface area contributed by atoms with Crippen LogP contribution in [-0.4, -0.2) is 35.1 Å². The number of carbonyl (C=O) groups excluding carboxylic acids is 1. The molecule has 3 nitrogen and oxygen atoms in total. The van der Waals surface area contributed by atoms with E-state index in [1.807, 2.05) is 11.0 Å². The number of aliphatic hydroxyl groups is 1. The molecule has 2 aliphatic rings. The van der Waals surface area contributed by atoms with Gasteiger partial charge in [-0.3, -0.25) is 4.79 Å². The van der Waals surface area contributed by atoms with E-state index < -0.39 is 0 Å². The molecular weight excluding hydrogens is 262 g/mol. The van der Waals surface area contributed by atoms with Crippen molar-refractivity contribution in [1.82, 2.24) is 4.90 Å². The quantitative estimate of drug-likeness (QED) is 0.925. The first kappa shape index (κ1) is 14.6. The molecule has 3 rings (SSSR count). The molecular formula is C18H25NO2. The highest BCUT2D eigenvalue weighted by atomic mass is 16.3. The molecule has 1 aromatic carbocycles. The van der Waals surface area contributed by atoms with Gasteiger partial charge in [0.2, 0.25) is 0 Å². The summed E-state index contributed by atoms with van der Waals surface area (Å²) in [5, 5.41) is 9.29. The van der Waals surface area contributed by atoms with E-state index in [0.717, 1.165) is 31.2 Å². The van der Waals surface area contributed by atoms with Gasteiger partial charge in [-0.1, -0.05) is 18.9 Å². The van der Waals surface area contributed by atoms with Crippen molar-refractivity contribution in [2.75, 3.05) is 13.2 Å². The van der Waals surface area contributed by atoms with Crippen LogP contribution in [0.5, 0.6) is 0 Å². The molecule has 1 saturated carbocycles. The van der Waals surface area contributed by atoms with Gasteiger partial charge in [-0.25, -0.2) is 0 Å². The van der Waals surface area contributed by atoms with E-state index >= 15 is 0 Å². The van der Waals surface area contributed by atoms with Crippen LogP contribution >= 0.6 is 0 Å². The molecule has 1 N–H and O–H groups in total. The molecule has 0 radical (unpaired) electrons. The van der Waals surface area contributed by atoms with Crippen molar-refractivity contribution in [3.05, 3.63) is 34.9 Å². The van der Waals surface area contributed by atoms with Gasteiger partial charge >= 0.3 is 0 Å². The van der Waals surface area contributed by atoms with Crippen molar-refractivity contribution in [2.45, 2.75) is 57.4 Å².